The van der Waals surface area contributed by atoms with Gasteiger partial charge in [-0.15, -0.1) is 0 Å². The van der Waals surface area contributed by atoms with Gasteiger partial charge in [-0.1, -0.05) is 34.4 Å². The highest BCUT2D eigenvalue weighted by Gasteiger charge is 2.36. The summed E-state index contributed by atoms with van der Waals surface area (Å²) in [5.74, 6) is 1.41. The molecule has 2 saturated heterocycles. The van der Waals surface area contributed by atoms with Gasteiger partial charge < -0.3 is 14.6 Å². The van der Waals surface area contributed by atoms with Gasteiger partial charge in [0.05, 0.1) is 22.8 Å². The summed E-state index contributed by atoms with van der Waals surface area (Å²) in [4.78, 5) is 0. The Bertz CT molecular complexity index is 786. The van der Waals surface area contributed by atoms with Crippen LogP contribution in [0.15, 0.2) is 22.7 Å². The van der Waals surface area contributed by atoms with Gasteiger partial charge in [0.2, 0.25) is 0 Å². The smallest absolute Gasteiger partial charge is 0.145 e. The van der Waals surface area contributed by atoms with Crippen molar-refractivity contribution in [1.82, 2.24) is 10.5 Å². The number of hydrogen-bond donors (Lipinski definition) is 1. The number of nitrogens with zero attached hydrogens (tertiary/aromatic N) is 1. The summed E-state index contributed by atoms with van der Waals surface area (Å²) >= 11 is 12.8. The third kappa shape index (κ3) is 3.18. The van der Waals surface area contributed by atoms with Gasteiger partial charge in [0.1, 0.15) is 11.5 Å². The second-order valence-corrected chi connectivity index (χ2v) is 8.60. The van der Waals surface area contributed by atoms with Crippen LogP contribution in [-0.2, 0) is 11.3 Å². The van der Waals surface area contributed by atoms with Gasteiger partial charge in [-0.3, -0.25) is 0 Å². The largest absolute Gasteiger partial charge is 0.373 e. The fraction of sp³-hybridized carbons (Fsp3) is 0.550. The van der Waals surface area contributed by atoms with Crippen molar-refractivity contribution in [2.24, 2.45) is 0 Å². The van der Waals surface area contributed by atoms with E-state index in [0.29, 0.717) is 40.8 Å². The van der Waals surface area contributed by atoms with Crippen molar-refractivity contribution in [1.29, 1.82) is 0 Å². The fourth-order valence-electron chi connectivity index (χ4n) is 4.39. The number of fused-ring (bicyclic) bond motifs is 2. The zero-order chi connectivity index (χ0) is 17.7. The first-order valence-electron chi connectivity index (χ1n) is 9.49. The molecular formula is C20H22Cl2N2O2. The minimum atomic E-state index is 0.297. The van der Waals surface area contributed by atoms with Gasteiger partial charge in [-0.05, 0) is 50.7 Å². The quantitative estimate of drug-likeness (QED) is 0.746. The van der Waals surface area contributed by atoms with Crippen molar-refractivity contribution in [3.05, 3.63) is 39.6 Å². The molecular weight excluding hydrogens is 371 g/mol. The molecule has 1 aromatic carbocycles. The molecule has 1 saturated carbocycles. The summed E-state index contributed by atoms with van der Waals surface area (Å²) in [6.07, 6.45) is 7.30. The van der Waals surface area contributed by atoms with Crippen molar-refractivity contribution in [3.8, 4) is 11.3 Å². The van der Waals surface area contributed by atoms with Gasteiger partial charge in [0, 0.05) is 29.1 Å². The molecule has 3 aliphatic rings. The number of halogens is 2. The maximum absolute atomic E-state index is 6.42. The van der Waals surface area contributed by atoms with Crippen LogP contribution in [0, 0.1) is 0 Å². The maximum Gasteiger partial charge on any atom is 0.145 e. The third-order valence-corrected chi connectivity index (χ3v) is 6.49. The van der Waals surface area contributed by atoms with E-state index in [-0.39, 0.29) is 0 Å². The van der Waals surface area contributed by atoms with Crippen LogP contribution >= 0.6 is 23.2 Å². The van der Waals surface area contributed by atoms with Crippen LogP contribution in [0.25, 0.3) is 11.3 Å². The average Bonchev–Trinajstić information content (AvgIpc) is 3.30. The first kappa shape index (κ1) is 17.1. The van der Waals surface area contributed by atoms with E-state index in [1.807, 2.05) is 18.2 Å². The molecule has 1 unspecified atom stereocenters. The predicted octanol–water partition coefficient (Wildman–Crippen LogP) is 5.33. The van der Waals surface area contributed by atoms with Crippen LogP contribution < -0.4 is 5.32 Å². The monoisotopic (exact) mass is 392 g/mol. The molecule has 3 atom stereocenters. The summed E-state index contributed by atoms with van der Waals surface area (Å²) < 4.78 is 12.1. The van der Waals surface area contributed by atoms with E-state index in [9.17, 15) is 0 Å². The van der Waals surface area contributed by atoms with Crippen molar-refractivity contribution >= 4 is 23.2 Å². The lowest BCUT2D eigenvalue weighted by molar-refractivity contribution is 0.00876. The molecule has 0 spiro atoms. The number of nitrogens with one attached hydrogen (secondary N) is 1. The molecule has 5 rings (SSSR count). The number of benzene rings is 1. The van der Waals surface area contributed by atoms with Crippen LogP contribution in [0.5, 0.6) is 0 Å². The Morgan fingerprint density at radius 2 is 1.77 bits per heavy atom. The lowest BCUT2D eigenvalue weighted by atomic mass is 10.0. The first-order chi connectivity index (χ1) is 12.7. The molecule has 2 aromatic rings. The minimum absolute atomic E-state index is 0.297. The standard InChI is InChI=1S/C20H22Cl2N2O2/c21-16-2-1-3-17(22)18(16)19-15(20(26-24-19)11-4-5-11)10-25-14-8-12-6-7-13(9-14)23-12/h1-3,11-14,23H,4-10H2/t12-,13?,14+/m0/s1. The Labute approximate surface area is 163 Å². The zero-order valence-corrected chi connectivity index (χ0v) is 16.0. The van der Waals surface area contributed by atoms with Crippen LogP contribution in [0.4, 0.5) is 0 Å². The van der Waals surface area contributed by atoms with Gasteiger partial charge in [0.15, 0.2) is 0 Å². The average molecular weight is 393 g/mol. The van der Waals surface area contributed by atoms with Crippen LogP contribution in [-0.4, -0.2) is 23.3 Å². The summed E-state index contributed by atoms with van der Waals surface area (Å²) in [6.45, 7) is 0.510. The Hall–Kier alpha value is -1.07. The molecule has 1 aromatic heterocycles. The molecule has 4 nitrogen and oxygen atoms in total. The van der Waals surface area contributed by atoms with Crippen molar-refractivity contribution in [2.45, 2.75) is 69.2 Å². The lowest BCUT2D eigenvalue weighted by Gasteiger charge is -2.29. The van der Waals surface area contributed by atoms with E-state index in [1.54, 1.807) is 0 Å². The van der Waals surface area contributed by atoms with Gasteiger partial charge in [-0.2, -0.15) is 0 Å². The molecule has 2 bridgehead atoms. The molecule has 1 N–H and O–H groups in total. The van der Waals surface area contributed by atoms with Gasteiger partial charge >= 0.3 is 0 Å². The Kier molecular flexibility index (Phi) is 4.48. The molecule has 3 fully saturated rings. The van der Waals surface area contributed by atoms with E-state index in [1.165, 1.54) is 12.8 Å². The Morgan fingerprint density at radius 1 is 1.08 bits per heavy atom. The number of rotatable bonds is 5. The van der Waals surface area contributed by atoms with E-state index >= 15 is 0 Å². The highest BCUT2D eigenvalue weighted by Crippen LogP contribution is 2.46. The number of piperidine rings is 1. The van der Waals surface area contributed by atoms with E-state index in [2.05, 4.69) is 10.5 Å². The fourth-order valence-corrected chi connectivity index (χ4v) is 4.97. The molecule has 0 radical (unpaired) electrons. The second-order valence-electron chi connectivity index (χ2n) is 7.79. The molecule has 1 aliphatic carbocycles. The topological polar surface area (TPSA) is 47.3 Å². The molecule has 2 aliphatic heterocycles. The summed E-state index contributed by atoms with van der Waals surface area (Å²) in [7, 11) is 0. The van der Waals surface area contributed by atoms with Gasteiger partial charge in [0.25, 0.3) is 0 Å². The van der Waals surface area contributed by atoms with E-state index in [4.69, 9.17) is 32.5 Å². The van der Waals surface area contributed by atoms with Gasteiger partial charge in [-0.25, -0.2) is 0 Å². The van der Waals surface area contributed by atoms with Crippen molar-refractivity contribution in [3.63, 3.8) is 0 Å². The second kappa shape index (κ2) is 6.83. The Morgan fingerprint density at radius 3 is 2.42 bits per heavy atom. The van der Waals surface area contributed by atoms with Crippen molar-refractivity contribution < 1.29 is 9.26 Å². The molecule has 3 heterocycles. The number of hydrogen-bond acceptors (Lipinski definition) is 4. The predicted molar refractivity (Wildman–Crippen MR) is 102 cm³/mol. The zero-order valence-electron chi connectivity index (χ0n) is 14.5. The highest BCUT2D eigenvalue weighted by atomic mass is 35.5. The third-order valence-electron chi connectivity index (χ3n) is 5.86. The van der Waals surface area contributed by atoms with Crippen LogP contribution in [0.3, 0.4) is 0 Å². The molecule has 6 heteroatoms. The lowest BCUT2D eigenvalue weighted by Crippen LogP contribution is -2.41. The SMILES string of the molecule is Clc1cccc(Cl)c1-c1noc(C2CC2)c1CO[C@H]1CC2CC[C@@H](C1)N2. The maximum atomic E-state index is 6.42. The molecule has 138 valence electrons. The summed E-state index contributed by atoms with van der Waals surface area (Å²) in [5.41, 5.74) is 2.50. The van der Waals surface area contributed by atoms with Crippen LogP contribution in [0.2, 0.25) is 10.0 Å². The first-order valence-corrected chi connectivity index (χ1v) is 10.2. The number of ether oxygens (including phenoxy) is 1. The number of aromatic nitrogens is 1. The summed E-state index contributed by atoms with van der Waals surface area (Å²) in [5, 5.41) is 9.18. The minimum Gasteiger partial charge on any atom is -0.373 e. The molecule has 26 heavy (non-hydrogen) atoms. The highest BCUT2D eigenvalue weighted by molar-refractivity contribution is 6.39. The van der Waals surface area contributed by atoms with Crippen LogP contribution in [0.1, 0.15) is 55.8 Å². The van der Waals surface area contributed by atoms with E-state index in [0.717, 1.165) is 48.3 Å². The Balaban J connectivity index is 1.42. The normalized spacial score (nSPS) is 27.8. The molecule has 0 amide bonds. The van der Waals surface area contributed by atoms with Crippen molar-refractivity contribution in [2.75, 3.05) is 0 Å². The summed E-state index contributed by atoms with van der Waals surface area (Å²) in [6, 6.07) is 6.74. The van der Waals surface area contributed by atoms with E-state index < -0.39 is 0 Å².